The lowest BCUT2D eigenvalue weighted by Crippen LogP contribution is -2.44. The second kappa shape index (κ2) is 11.8. The number of nitrogens with zero attached hydrogens (tertiary/aromatic N) is 3. The summed E-state index contributed by atoms with van der Waals surface area (Å²) in [6.45, 7) is 9.93. The molecule has 0 saturated heterocycles. The topological polar surface area (TPSA) is 57.2 Å². The summed E-state index contributed by atoms with van der Waals surface area (Å²) in [5.41, 5.74) is -0.463. The molecule has 0 aliphatic heterocycles. The van der Waals surface area contributed by atoms with Crippen LogP contribution in [0.25, 0.3) is 0 Å². The normalized spacial score (nSPS) is 11.5. The minimum atomic E-state index is -0.463. The van der Waals surface area contributed by atoms with Gasteiger partial charge in [-0.15, -0.1) is 24.0 Å². The lowest BCUT2D eigenvalue weighted by atomic mass is 10.2. The van der Waals surface area contributed by atoms with Gasteiger partial charge in [0.1, 0.15) is 5.60 Å². The van der Waals surface area contributed by atoms with Gasteiger partial charge in [0.2, 0.25) is 0 Å². The van der Waals surface area contributed by atoms with E-state index in [9.17, 15) is 4.79 Å². The number of rotatable bonds is 6. The standard InChI is InChI=1S/C15H32N4O2.HI/c1-8-9-11-18(6)13(16-5)17-10-12-19(7)14(20)21-15(2,3)4;/h8-12H2,1-7H3,(H,16,17);1H. The Hall–Kier alpha value is -0.730. The maximum absolute atomic E-state index is 11.8. The first-order valence-electron chi connectivity index (χ1n) is 7.57. The second-order valence-electron chi connectivity index (χ2n) is 6.15. The van der Waals surface area contributed by atoms with Crippen LogP contribution in [0.4, 0.5) is 4.79 Å². The number of unbranched alkanes of at least 4 members (excludes halogenated alkanes) is 1. The smallest absolute Gasteiger partial charge is 0.410 e. The third-order valence-corrected chi connectivity index (χ3v) is 2.86. The van der Waals surface area contributed by atoms with Gasteiger partial charge in [-0.1, -0.05) is 13.3 Å². The Labute approximate surface area is 152 Å². The van der Waals surface area contributed by atoms with Crippen molar-refractivity contribution in [3.05, 3.63) is 0 Å². The fraction of sp³-hybridized carbons (Fsp3) is 0.867. The lowest BCUT2D eigenvalue weighted by molar-refractivity contribution is 0.0302. The number of hydrogen-bond donors (Lipinski definition) is 1. The molecule has 0 aliphatic carbocycles. The third kappa shape index (κ3) is 10.9. The van der Waals surface area contributed by atoms with E-state index >= 15 is 0 Å². The number of likely N-dealkylation sites (N-methyl/N-ethyl adjacent to an activating group) is 1. The fourth-order valence-corrected chi connectivity index (χ4v) is 1.65. The minimum Gasteiger partial charge on any atom is -0.444 e. The van der Waals surface area contributed by atoms with E-state index in [0.717, 1.165) is 25.3 Å². The minimum absolute atomic E-state index is 0. The molecule has 0 atom stereocenters. The zero-order chi connectivity index (χ0) is 16.5. The van der Waals surface area contributed by atoms with E-state index in [2.05, 4.69) is 22.1 Å². The van der Waals surface area contributed by atoms with Crippen molar-refractivity contribution in [2.24, 2.45) is 4.99 Å². The van der Waals surface area contributed by atoms with Crippen LogP contribution in [0.1, 0.15) is 40.5 Å². The SMILES string of the molecule is CCCCN(C)C(=NC)NCCN(C)C(=O)OC(C)(C)C.I. The first-order chi connectivity index (χ1) is 9.71. The van der Waals surface area contributed by atoms with Gasteiger partial charge < -0.3 is 19.9 Å². The maximum atomic E-state index is 11.8. The average Bonchev–Trinajstić information content (AvgIpc) is 2.38. The van der Waals surface area contributed by atoms with E-state index in [1.807, 2.05) is 27.8 Å². The predicted molar refractivity (Wildman–Crippen MR) is 103 cm³/mol. The zero-order valence-corrected chi connectivity index (χ0v) is 17.4. The molecule has 0 rings (SSSR count). The zero-order valence-electron chi connectivity index (χ0n) is 15.1. The molecular formula is C15H33IN4O2. The van der Waals surface area contributed by atoms with Crippen LogP contribution >= 0.6 is 24.0 Å². The van der Waals surface area contributed by atoms with E-state index in [0.29, 0.717) is 13.1 Å². The summed E-state index contributed by atoms with van der Waals surface area (Å²) in [4.78, 5) is 19.7. The Bertz CT molecular complexity index is 343. The molecule has 22 heavy (non-hydrogen) atoms. The molecule has 0 aromatic rings. The molecule has 0 unspecified atom stereocenters. The Morgan fingerprint density at radius 3 is 2.23 bits per heavy atom. The largest absolute Gasteiger partial charge is 0.444 e. The van der Waals surface area contributed by atoms with Crippen LogP contribution in [0.15, 0.2) is 4.99 Å². The van der Waals surface area contributed by atoms with E-state index in [4.69, 9.17) is 4.74 Å². The summed E-state index contributed by atoms with van der Waals surface area (Å²) >= 11 is 0. The van der Waals surface area contributed by atoms with Crippen molar-refractivity contribution in [1.29, 1.82) is 0 Å². The number of halogens is 1. The average molecular weight is 428 g/mol. The van der Waals surface area contributed by atoms with Crippen LogP contribution in [0.5, 0.6) is 0 Å². The van der Waals surface area contributed by atoms with Gasteiger partial charge in [-0.25, -0.2) is 4.79 Å². The lowest BCUT2D eigenvalue weighted by Gasteiger charge is -2.26. The first-order valence-corrected chi connectivity index (χ1v) is 7.57. The summed E-state index contributed by atoms with van der Waals surface area (Å²) in [5, 5.41) is 3.25. The Balaban J connectivity index is 0. The molecule has 0 fully saturated rings. The first kappa shape index (κ1) is 23.5. The van der Waals surface area contributed by atoms with Gasteiger partial charge in [-0.2, -0.15) is 0 Å². The molecule has 0 saturated carbocycles. The van der Waals surface area contributed by atoms with Gasteiger partial charge in [0.25, 0.3) is 0 Å². The summed E-state index contributed by atoms with van der Waals surface area (Å²) in [6.07, 6.45) is 1.98. The van der Waals surface area contributed by atoms with E-state index < -0.39 is 5.60 Å². The predicted octanol–water partition coefficient (Wildman–Crippen LogP) is 2.78. The molecule has 1 N–H and O–H groups in total. The Morgan fingerprint density at radius 1 is 1.18 bits per heavy atom. The van der Waals surface area contributed by atoms with Crippen LogP contribution < -0.4 is 5.32 Å². The molecule has 0 bridgehead atoms. The number of ether oxygens (including phenoxy) is 1. The van der Waals surface area contributed by atoms with Crippen molar-refractivity contribution >= 4 is 36.0 Å². The number of aliphatic imine (C=N–C) groups is 1. The highest BCUT2D eigenvalue weighted by Gasteiger charge is 2.19. The number of hydrogen-bond acceptors (Lipinski definition) is 3. The van der Waals surface area contributed by atoms with Crippen LogP contribution in [-0.4, -0.2) is 68.2 Å². The maximum Gasteiger partial charge on any atom is 0.410 e. The van der Waals surface area contributed by atoms with Gasteiger partial charge in [0, 0.05) is 40.8 Å². The van der Waals surface area contributed by atoms with Crippen molar-refractivity contribution in [2.45, 2.75) is 46.1 Å². The summed E-state index contributed by atoms with van der Waals surface area (Å²) in [5.74, 6) is 0.848. The van der Waals surface area contributed by atoms with Crippen LogP contribution in [-0.2, 0) is 4.74 Å². The Morgan fingerprint density at radius 2 is 1.77 bits per heavy atom. The highest BCUT2D eigenvalue weighted by molar-refractivity contribution is 14.0. The van der Waals surface area contributed by atoms with Gasteiger partial charge in [-0.3, -0.25) is 4.99 Å². The highest BCUT2D eigenvalue weighted by Crippen LogP contribution is 2.08. The molecule has 132 valence electrons. The van der Waals surface area contributed by atoms with Crippen molar-refractivity contribution < 1.29 is 9.53 Å². The van der Waals surface area contributed by atoms with E-state index in [-0.39, 0.29) is 30.1 Å². The fourth-order valence-electron chi connectivity index (χ4n) is 1.65. The molecule has 1 amide bonds. The number of amides is 1. The van der Waals surface area contributed by atoms with Gasteiger partial charge in [0.15, 0.2) is 5.96 Å². The number of nitrogens with one attached hydrogen (secondary N) is 1. The number of carbonyl (C=O) groups excluding carboxylic acids is 1. The second-order valence-corrected chi connectivity index (χ2v) is 6.15. The van der Waals surface area contributed by atoms with Crippen LogP contribution in [0.3, 0.4) is 0 Å². The molecule has 0 aliphatic rings. The summed E-state index contributed by atoms with van der Waals surface area (Å²) in [6, 6.07) is 0. The number of guanidine groups is 1. The number of carbonyl (C=O) groups is 1. The molecule has 0 aromatic heterocycles. The van der Waals surface area contributed by atoms with Crippen molar-refractivity contribution in [3.63, 3.8) is 0 Å². The Kier molecular flexibility index (Phi) is 12.6. The van der Waals surface area contributed by atoms with Crippen molar-refractivity contribution in [2.75, 3.05) is 40.8 Å². The van der Waals surface area contributed by atoms with Crippen LogP contribution in [0, 0.1) is 0 Å². The van der Waals surface area contributed by atoms with Gasteiger partial charge >= 0.3 is 6.09 Å². The monoisotopic (exact) mass is 428 g/mol. The molecule has 7 heteroatoms. The van der Waals surface area contributed by atoms with Crippen molar-refractivity contribution in [3.8, 4) is 0 Å². The molecule has 6 nitrogen and oxygen atoms in total. The van der Waals surface area contributed by atoms with Gasteiger partial charge in [0.05, 0.1) is 0 Å². The highest BCUT2D eigenvalue weighted by atomic mass is 127. The third-order valence-electron chi connectivity index (χ3n) is 2.86. The summed E-state index contributed by atoms with van der Waals surface area (Å²) < 4.78 is 5.30. The van der Waals surface area contributed by atoms with Crippen molar-refractivity contribution in [1.82, 2.24) is 15.1 Å². The molecule has 0 heterocycles. The van der Waals surface area contributed by atoms with E-state index in [1.54, 1.807) is 19.0 Å². The molecule has 0 spiro atoms. The molecular weight excluding hydrogens is 395 g/mol. The molecule has 0 aromatic carbocycles. The van der Waals surface area contributed by atoms with Gasteiger partial charge in [-0.05, 0) is 27.2 Å². The summed E-state index contributed by atoms with van der Waals surface area (Å²) in [7, 11) is 5.52. The van der Waals surface area contributed by atoms with Crippen LogP contribution in [0.2, 0.25) is 0 Å². The van der Waals surface area contributed by atoms with E-state index in [1.165, 1.54) is 0 Å². The quantitative estimate of drug-likeness (QED) is 0.402. The molecule has 0 radical (unpaired) electrons.